The van der Waals surface area contributed by atoms with E-state index < -0.39 is 5.92 Å². The highest BCUT2D eigenvalue weighted by molar-refractivity contribution is 5.86. The molecule has 1 atom stereocenters. The number of benzene rings is 1. The van der Waals surface area contributed by atoms with E-state index in [1.807, 2.05) is 6.92 Å². The number of ether oxygens (including phenoxy) is 1. The molecule has 1 saturated heterocycles. The van der Waals surface area contributed by atoms with Crippen molar-refractivity contribution in [2.24, 2.45) is 5.92 Å². The molecule has 0 bridgehead atoms. The van der Waals surface area contributed by atoms with Crippen molar-refractivity contribution in [3.05, 3.63) is 35.1 Å². The molecule has 1 aliphatic heterocycles. The number of nitrogens with zero attached hydrogens (tertiary/aromatic N) is 1. The Hall–Kier alpha value is -1.91. The number of esters is 1. The summed E-state index contributed by atoms with van der Waals surface area (Å²) in [6.07, 6.45) is 0.168. The average Bonchev–Trinajstić information content (AvgIpc) is 2.74. The Morgan fingerprint density at radius 2 is 2.26 bits per heavy atom. The maximum Gasteiger partial charge on any atom is 0.310 e. The minimum absolute atomic E-state index is 0.0981. The summed E-state index contributed by atoms with van der Waals surface area (Å²) in [4.78, 5) is 24.8. The number of halogens is 1. The summed E-state index contributed by atoms with van der Waals surface area (Å²) < 4.78 is 17.8. The van der Waals surface area contributed by atoms with Crippen molar-refractivity contribution in [1.82, 2.24) is 4.90 Å². The van der Waals surface area contributed by atoms with E-state index in [4.69, 9.17) is 0 Å². The lowest BCUT2D eigenvalue weighted by Gasteiger charge is -2.17. The largest absolute Gasteiger partial charge is 0.469 e. The van der Waals surface area contributed by atoms with Crippen molar-refractivity contribution < 1.29 is 18.7 Å². The van der Waals surface area contributed by atoms with Crippen LogP contribution in [0.2, 0.25) is 0 Å². The van der Waals surface area contributed by atoms with Crippen molar-refractivity contribution in [2.45, 2.75) is 19.9 Å². The van der Waals surface area contributed by atoms with Crippen LogP contribution in [0.3, 0.4) is 0 Å². The number of likely N-dealkylation sites (tertiary alicyclic amines) is 1. The normalized spacial score (nSPS) is 18.8. The quantitative estimate of drug-likeness (QED) is 0.781. The molecule has 0 aromatic heterocycles. The molecule has 0 aliphatic carbocycles. The first-order valence-corrected chi connectivity index (χ1v) is 6.12. The number of carbonyl (C=O) groups excluding carboxylic acids is 2. The molecule has 1 aromatic rings. The van der Waals surface area contributed by atoms with Crippen LogP contribution in [0.25, 0.3) is 0 Å². The first-order valence-electron chi connectivity index (χ1n) is 6.12. The van der Waals surface area contributed by atoms with Gasteiger partial charge in [-0.3, -0.25) is 9.59 Å². The monoisotopic (exact) mass is 265 g/mol. The van der Waals surface area contributed by atoms with Gasteiger partial charge in [0.25, 0.3) is 0 Å². The van der Waals surface area contributed by atoms with Gasteiger partial charge >= 0.3 is 5.97 Å². The van der Waals surface area contributed by atoms with Gasteiger partial charge in [-0.15, -0.1) is 0 Å². The molecule has 1 aromatic carbocycles. The molecule has 0 radical (unpaired) electrons. The van der Waals surface area contributed by atoms with Gasteiger partial charge in [-0.25, -0.2) is 4.39 Å². The van der Waals surface area contributed by atoms with Crippen LogP contribution >= 0.6 is 0 Å². The van der Waals surface area contributed by atoms with E-state index >= 15 is 0 Å². The zero-order valence-corrected chi connectivity index (χ0v) is 11.0. The second-order valence-corrected chi connectivity index (χ2v) is 4.77. The van der Waals surface area contributed by atoms with Gasteiger partial charge in [-0.05, 0) is 30.2 Å². The molecule has 5 heteroatoms. The number of aryl methyl sites for hydroxylation is 1. The van der Waals surface area contributed by atoms with Crippen molar-refractivity contribution >= 4 is 11.9 Å². The summed E-state index contributed by atoms with van der Waals surface area (Å²) in [6, 6.07) is 4.50. The zero-order chi connectivity index (χ0) is 14.0. The average molecular weight is 265 g/mol. The van der Waals surface area contributed by atoms with Gasteiger partial charge in [0.15, 0.2) is 0 Å². The summed E-state index contributed by atoms with van der Waals surface area (Å²) in [7, 11) is 1.31. The summed E-state index contributed by atoms with van der Waals surface area (Å²) in [6.45, 7) is 2.53. The Labute approximate surface area is 111 Å². The van der Waals surface area contributed by atoms with Gasteiger partial charge in [0.05, 0.1) is 13.0 Å². The molecule has 0 N–H and O–H groups in total. The van der Waals surface area contributed by atoms with Gasteiger partial charge in [0.2, 0.25) is 5.91 Å². The number of amides is 1. The maximum absolute atomic E-state index is 13.2. The molecule has 1 heterocycles. The highest BCUT2D eigenvalue weighted by Crippen LogP contribution is 2.22. The standard InChI is InChI=1S/C14H16FNO3/c1-9-3-4-12(15)5-10(9)7-16-8-11(6-13(16)17)14(18)19-2/h3-5,11H,6-8H2,1-2H3. The zero-order valence-electron chi connectivity index (χ0n) is 11.0. The van der Waals surface area contributed by atoms with E-state index in [9.17, 15) is 14.0 Å². The first-order chi connectivity index (χ1) is 9.01. The van der Waals surface area contributed by atoms with E-state index in [0.29, 0.717) is 13.1 Å². The Kier molecular flexibility index (Phi) is 3.83. The van der Waals surface area contributed by atoms with Crippen molar-refractivity contribution in [1.29, 1.82) is 0 Å². The Morgan fingerprint density at radius 1 is 1.53 bits per heavy atom. The van der Waals surface area contributed by atoms with Crippen LogP contribution in [0.1, 0.15) is 17.5 Å². The van der Waals surface area contributed by atoms with E-state index in [-0.39, 0.29) is 24.1 Å². The lowest BCUT2D eigenvalue weighted by atomic mass is 10.1. The summed E-state index contributed by atoms with van der Waals surface area (Å²) >= 11 is 0. The van der Waals surface area contributed by atoms with E-state index in [2.05, 4.69) is 4.74 Å². The summed E-state index contributed by atoms with van der Waals surface area (Å²) in [5, 5.41) is 0. The van der Waals surface area contributed by atoms with E-state index in [1.54, 1.807) is 11.0 Å². The lowest BCUT2D eigenvalue weighted by molar-refractivity contribution is -0.145. The van der Waals surface area contributed by atoms with Crippen molar-refractivity contribution in [3.63, 3.8) is 0 Å². The third-order valence-electron chi connectivity index (χ3n) is 3.42. The van der Waals surface area contributed by atoms with Crippen LogP contribution < -0.4 is 0 Å². The Morgan fingerprint density at radius 3 is 2.95 bits per heavy atom. The van der Waals surface area contributed by atoms with Crippen LogP contribution in [0.4, 0.5) is 4.39 Å². The molecule has 1 amide bonds. The molecule has 1 unspecified atom stereocenters. The van der Waals surface area contributed by atoms with Crippen LogP contribution in [0, 0.1) is 18.7 Å². The van der Waals surface area contributed by atoms with Gasteiger partial charge in [-0.2, -0.15) is 0 Å². The summed E-state index contributed by atoms with van der Waals surface area (Å²) in [5.41, 5.74) is 1.69. The Balaban J connectivity index is 2.09. The van der Waals surface area contributed by atoms with Crippen LogP contribution in [-0.2, 0) is 20.9 Å². The van der Waals surface area contributed by atoms with Crippen molar-refractivity contribution in [3.8, 4) is 0 Å². The number of methoxy groups -OCH3 is 1. The fourth-order valence-corrected chi connectivity index (χ4v) is 2.27. The van der Waals surface area contributed by atoms with Crippen molar-refractivity contribution in [2.75, 3.05) is 13.7 Å². The lowest BCUT2D eigenvalue weighted by Crippen LogP contribution is -2.26. The molecular formula is C14H16FNO3. The third-order valence-corrected chi connectivity index (χ3v) is 3.42. The fourth-order valence-electron chi connectivity index (χ4n) is 2.27. The molecular weight excluding hydrogens is 249 g/mol. The van der Waals surface area contributed by atoms with Crippen LogP contribution in [0.15, 0.2) is 18.2 Å². The van der Waals surface area contributed by atoms with Crippen LogP contribution in [0.5, 0.6) is 0 Å². The predicted molar refractivity (Wildman–Crippen MR) is 66.7 cm³/mol. The minimum Gasteiger partial charge on any atom is -0.469 e. The predicted octanol–water partition coefficient (Wildman–Crippen LogP) is 1.66. The fraction of sp³-hybridized carbons (Fsp3) is 0.429. The second kappa shape index (κ2) is 5.38. The van der Waals surface area contributed by atoms with Crippen LogP contribution in [-0.4, -0.2) is 30.4 Å². The molecule has 1 fully saturated rings. The van der Waals surface area contributed by atoms with E-state index in [1.165, 1.54) is 19.2 Å². The van der Waals surface area contributed by atoms with E-state index in [0.717, 1.165) is 11.1 Å². The van der Waals surface area contributed by atoms with Gasteiger partial charge in [0, 0.05) is 19.5 Å². The number of hydrogen-bond donors (Lipinski definition) is 0. The molecule has 0 saturated carbocycles. The third kappa shape index (κ3) is 2.92. The highest BCUT2D eigenvalue weighted by Gasteiger charge is 2.35. The smallest absolute Gasteiger partial charge is 0.310 e. The minimum atomic E-state index is -0.411. The van der Waals surface area contributed by atoms with Gasteiger partial charge < -0.3 is 9.64 Å². The SMILES string of the molecule is COC(=O)C1CC(=O)N(Cc2cc(F)ccc2C)C1. The topological polar surface area (TPSA) is 46.6 Å². The molecule has 2 rings (SSSR count). The summed E-state index contributed by atoms with van der Waals surface area (Å²) in [5.74, 6) is -1.20. The number of hydrogen-bond acceptors (Lipinski definition) is 3. The molecule has 4 nitrogen and oxygen atoms in total. The first kappa shape index (κ1) is 13.5. The van der Waals surface area contributed by atoms with Gasteiger partial charge in [-0.1, -0.05) is 6.07 Å². The highest BCUT2D eigenvalue weighted by atomic mass is 19.1. The maximum atomic E-state index is 13.2. The molecule has 0 spiro atoms. The molecule has 102 valence electrons. The molecule has 19 heavy (non-hydrogen) atoms. The van der Waals surface area contributed by atoms with Gasteiger partial charge in [0.1, 0.15) is 5.82 Å². The molecule has 1 aliphatic rings. The second-order valence-electron chi connectivity index (χ2n) is 4.77. The number of rotatable bonds is 3. The Bertz CT molecular complexity index is 515. The number of carbonyl (C=O) groups is 2.